The van der Waals surface area contributed by atoms with Crippen molar-refractivity contribution in [3.8, 4) is 16.9 Å². The topological polar surface area (TPSA) is 50.8 Å². The lowest BCUT2D eigenvalue weighted by Gasteiger charge is -2.65. The molecule has 0 aromatic heterocycles. The number of hydrogen-bond acceptors (Lipinski definition) is 4. The van der Waals surface area contributed by atoms with Crippen LogP contribution in [0.15, 0.2) is 78.9 Å². The van der Waals surface area contributed by atoms with E-state index >= 15 is 0 Å². The molecule has 4 heteroatoms. The average molecular weight is 442 g/mol. The number of hydrogen-bond donors (Lipinski definition) is 0. The molecule has 1 aliphatic carbocycles. The van der Waals surface area contributed by atoms with Gasteiger partial charge in [0.25, 0.3) is 5.79 Å². The monoisotopic (exact) mass is 441 g/mol. The van der Waals surface area contributed by atoms with Crippen molar-refractivity contribution < 1.29 is 19.6 Å². The highest BCUT2D eigenvalue weighted by molar-refractivity contribution is 5.63. The van der Waals surface area contributed by atoms with Crippen LogP contribution in [0.5, 0.6) is 5.75 Å². The van der Waals surface area contributed by atoms with Gasteiger partial charge in [0.05, 0.1) is 6.61 Å². The fourth-order valence-electron chi connectivity index (χ4n) is 6.81. The lowest BCUT2D eigenvalue weighted by atomic mass is 9.48. The van der Waals surface area contributed by atoms with E-state index in [-0.39, 0.29) is 16.6 Å². The lowest BCUT2D eigenvalue weighted by Crippen LogP contribution is -2.76. The summed E-state index contributed by atoms with van der Waals surface area (Å²) in [5, 5.41) is 12.2. The van der Waals surface area contributed by atoms with Crippen LogP contribution in [0.2, 0.25) is 0 Å². The molecule has 33 heavy (non-hydrogen) atoms. The van der Waals surface area contributed by atoms with Gasteiger partial charge in [-0.2, -0.15) is 4.89 Å². The molecule has 1 saturated carbocycles. The smallest absolute Gasteiger partial charge is 0.261 e. The zero-order valence-electron chi connectivity index (χ0n) is 19.2. The Morgan fingerprint density at radius 1 is 0.818 bits per heavy atom. The van der Waals surface area contributed by atoms with E-state index in [0.29, 0.717) is 6.61 Å². The lowest BCUT2D eigenvalue weighted by molar-refractivity contribution is -0.631. The predicted molar refractivity (Wildman–Crippen MR) is 124 cm³/mol. The van der Waals surface area contributed by atoms with Crippen molar-refractivity contribution in [3.05, 3.63) is 90.0 Å². The quantitative estimate of drug-likeness (QED) is 0.484. The van der Waals surface area contributed by atoms with Crippen LogP contribution >= 0.6 is 0 Å². The highest BCUT2D eigenvalue weighted by Crippen LogP contribution is 2.74. The van der Waals surface area contributed by atoms with Crippen molar-refractivity contribution in [2.45, 2.75) is 50.9 Å². The van der Waals surface area contributed by atoms with Crippen LogP contribution in [0.3, 0.4) is 0 Å². The maximum Gasteiger partial charge on any atom is 0.261 e. The van der Waals surface area contributed by atoms with E-state index in [9.17, 15) is 5.11 Å². The summed E-state index contributed by atoms with van der Waals surface area (Å²) in [7, 11) is 0. The average Bonchev–Trinajstić information content (AvgIpc) is 2.99. The third-order valence-corrected chi connectivity index (χ3v) is 8.27. The second-order valence-corrected chi connectivity index (χ2v) is 10.5. The maximum absolute atomic E-state index is 12.2. The summed E-state index contributed by atoms with van der Waals surface area (Å²) in [5.74, 6) is -1.08. The Bertz CT molecular complexity index is 1170. The molecule has 3 atom stereocenters. The fraction of sp³-hybridized carbons (Fsp3) is 0.379. The Kier molecular flexibility index (Phi) is 4.54. The minimum absolute atomic E-state index is 0.0428. The summed E-state index contributed by atoms with van der Waals surface area (Å²) in [6, 6.07) is 26.2. The molecule has 6 rings (SSSR count). The molecule has 3 fully saturated rings. The van der Waals surface area contributed by atoms with Gasteiger partial charge in [-0.25, -0.2) is 4.89 Å². The molecule has 2 aliphatic heterocycles. The van der Waals surface area contributed by atoms with Gasteiger partial charge in [-0.1, -0.05) is 99.1 Å². The maximum atomic E-state index is 12.2. The molecule has 2 saturated heterocycles. The summed E-state index contributed by atoms with van der Waals surface area (Å²) in [6.45, 7) is 5.05. The van der Waals surface area contributed by atoms with Gasteiger partial charge in [0.1, 0.15) is 0 Å². The van der Waals surface area contributed by atoms with Crippen LogP contribution in [0.25, 0.3) is 11.1 Å². The van der Waals surface area contributed by atoms with Gasteiger partial charge in [0.15, 0.2) is 5.60 Å². The Hall–Kier alpha value is -2.66. The highest BCUT2D eigenvalue weighted by atomic mass is 17.3. The van der Waals surface area contributed by atoms with Crippen LogP contribution in [0.4, 0.5) is 0 Å². The second kappa shape index (κ2) is 7.17. The molecule has 170 valence electrons. The molecule has 0 amide bonds. The van der Waals surface area contributed by atoms with Gasteiger partial charge in [-0.15, -0.1) is 5.75 Å². The molecule has 0 unspecified atom stereocenters. The first kappa shape index (κ1) is 20.9. The first-order valence-corrected chi connectivity index (χ1v) is 11.8. The Balaban J connectivity index is 1.40. The van der Waals surface area contributed by atoms with Crippen LogP contribution in [-0.4, -0.2) is 12.2 Å². The zero-order valence-corrected chi connectivity index (χ0v) is 19.2. The summed E-state index contributed by atoms with van der Waals surface area (Å²) in [5.41, 5.74) is 3.38. The molecule has 0 bridgehead atoms. The van der Waals surface area contributed by atoms with Crippen molar-refractivity contribution >= 4 is 0 Å². The molecule has 3 aromatic carbocycles. The summed E-state index contributed by atoms with van der Waals surface area (Å²) in [6.07, 6.45) is 3.97. The zero-order chi connectivity index (χ0) is 22.7. The van der Waals surface area contributed by atoms with Crippen molar-refractivity contribution in [2.75, 3.05) is 6.61 Å². The third-order valence-electron chi connectivity index (χ3n) is 8.27. The molecular formula is C29H29O4-. The minimum Gasteiger partial charge on any atom is -0.872 e. The van der Waals surface area contributed by atoms with Crippen LogP contribution in [0, 0.1) is 10.8 Å². The van der Waals surface area contributed by atoms with Gasteiger partial charge in [0, 0.05) is 16.4 Å². The van der Waals surface area contributed by atoms with Crippen LogP contribution in [-0.2, 0) is 26.7 Å². The Morgan fingerprint density at radius 3 is 2.27 bits per heavy atom. The molecule has 0 radical (unpaired) electrons. The standard InChI is InChI=1S/C29H30O4/c1-26(2)16-7-17-27(19-21-12-14-23(15-13-21)22-8-4-3-5-9-22)20-31-28(29(26,27)33-32-28)24-10-6-11-25(30)18-24/h3-6,8-15,18,30H,7,16-17,19-20H2,1-2H3/p-1/t27-,28-,29-/m0/s1. The Labute approximate surface area is 195 Å². The number of ether oxygens (including phenoxy) is 1. The van der Waals surface area contributed by atoms with Crippen molar-refractivity contribution in [1.29, 1.82) is 0 Å². The molecule has 0 N–H and O–H groups in total. The largest absolute Gasteiger partial charge is 0.872 e. The van der Waals surface area contributed by atoms with Gasteiger partial charge in [-0.3, -0.25) is 0 Å². The van der Waals surface area contributed by atoms with Gasteiger partial charge in [0.2, 0.25) is 0 Å². The second-order valence-electron chi connectivity index (χ2n) is 10.5. The fourth-order valence-corrected chi connectivity index (χ4v) is 6.81. The molecule has 1 spiro atoms. The minimum atomic E-state index is -1.04. The molecular weight excluding hydrogens is 412 g/mol. The van der Waals surface area contributed by atoms with E-state index in [1.807, 2.05) is 12.1 Å². The van der Waals surface area contributed by atoms with E-state index < -0.39 is 11.4 Å². The van der Waals surface area contributed by atoms with E-state index in [4.69, 9.17) is 14.5 Å². The first-order valence-electron chi connectivity index (χ1n) is 11.8. The summed E-state index contributed by atoms with van der Waals surface area (Å²) >= 11 is 0. The van der Waals surface area contributed by atoms with E-state index in [0.717, 1.165) is 31.2 Å². The van der Waals surface area contributed by atoms with E-state index in [1.165, 1.54) is 16.7 Å². The number of rotatable bonds is 4. The molecule has 2 heterocycles. The Morgan fingerprint density at radius 2 is 1.58 bits per heavy atom. The highest BCUT2D eigenvalue weighted by Gasteiger charge is 2.84. The molecule has 4 nitrogen and oxygen atoms in total. The predicted octanol–water partition coefficient (Wildman–Crippen LogP) is 5.75. The summed E-state index contributed by atoms with van der Waals surface area (Å²) in [4.78, 5) is 12.1. The molecule has 3 aromatic rings. The van der Waals surface area contributed by atoms with Crippen LogP contribution < -0.4 is 5.11 Å². The number of benzene rings is 3. The van der Waals surface area contributed by atoms with Crippen molar-refractivity contribution in [3.63, 3.8) is 0 Å². The van der Waals surface area contributed by atoms with Crippen molar-refractivity contribution in [1.82, 2.24) is 0 Å². The van der Waals surface area contributed by atoms with Gasteiger partial charge in [-0.05, 0) is 36.0 Å². The van der Waals surface area contributed by atoms with E-state index in [2.05, 4.69) is 62.4 Å². The normalized spacial score (nSPS) is 31.9. The molecule has 3 aliphatic rings. The van der Waals surface area contributed by atoms with Crippen molar-refractivity contribution in [2.24, 2.45) is 10.8 Å². The summed E-state index contributed by atoms with van der Waals surface area (Å²) < 4.78 is 6.54. The van der Waals surface area contributed by atoms with Gasteiger partial charge < -0.3 is 9.84 Å². The SMILES string of the molecule is CC1(C)CCC[C@]2(Cc3ccc(-c4ccccc4)cc3)CO[C@@]3(c4cccc([O-])c4)OO[C@@]123. The van der Waals surface area contributed by atoms with E-state index in [1.54, 1.807) is 18.2 Å². The first-order chi connectivity index (χ1) is 15.9. The van der Waals surface area contributed by atoms with Gasteiger partial charge >= 0.3 is 0 Å². The van der Waals surface area contributed by atoms with Crippen LogP contribution in [0.1, 0.15) is 44.2 Å². The third kappa shape index (κ3) is 2.75.